The molecule has 1 aliphatic heterocycles. The standard InChI is InChI=1S/C13H14F3N3O2/c14-13(15,16)12(21)19-7-3-10(4-8-19)18-11(20)9-1-5-17-6-2-9/h1-2,5-6,10H,3-4,7-8H2,(H,18,20). The molecular weight excluding hydrogens is 287 g/mol. The number of nitrogens with one attached hydrogen (secondary N) is 1. The number of halogens is 3. The van der Waals surface area contributed by atoms with Gasteiger partial charge in [0, 0.05) is 37.1 Å². The summed E-state index contributed by atoms with van der Waals surface area (Å²) in [5.41, 5.74) is 0.443. The summed E-state index contributed by atoms with van der Waals surface area (Å²) in [5, 5.41) is 2.75. The summed E-state index contributed by atoms with van der Waals surface area (Å²) in [6.45, 7) is -0.0285. The van der Waals surface area contributed by atoms with Crippen molar-refractivity contribution in [3.8, 4) is 0 Å². The molecule has 0 aromatic carbocycles. The molecule has 1 aromatic rings. The van der Waals surface area contributed by atoms with Gasteiger partial charge < -0.3 is 10.2 Å². The number of nitrogens with zero attached hydrogens (tertiary/aromatic N) is 2. The van der Waals surface area contributed by atoms with Crippen LogP contribution in [-0.4, -0.2) is 47.0 Å². The summed E-state index contributed by atoms with van der Waals surface area (Å²) in [6, 6.07) is 2.87. The van der Waals surface area contributed by atoms with Crippen LogP contribution >= 0.6 is 0 Å². The maximum atomic E-state index is 12.3. The van der Waals surface area contributed by atoms with E-state index in [9.17, 15) is 22.8 Å². The number of likely N-dealkylation sites (tertiary alicyclic amines) is 1. The Labute approximate surface area is 119 Å². The lowest BCUT2D eigenvalue weighted by molar-refractivity contribution is -0.186. The van der Waals surface area contributed by atoms with Crippen molar-refractivity contribution in [2.75, 3.05) is 13.1 Å². The number of hydrogen-bond acceptors (Lipinski definition) is 3. The first kappa shape index (κ1) is 15.3. The fraction of sp³-hybridized carbons (Fsp3) is 0.462. The van der Waals surface area contributed by atoms with Gasteiger partial charge in [0.2, 0.25) is 0 Å². The zero-order valence-corrected chi connectivity index (χ0v) is 11.1. The van der Waals surface area contributed by atoms with Gasteiger partial charge in [-0.05, 0) is 25.0 Å². The highest BCUT2D eigenvalue weighted by Crippen LogP contribution is 2.21. The van der Waals surface area contributed by atoms with Gasteiger partial charge in [0.15, 0.2) is 0 Å². The Hall–Kier alpha value is -2.12. The van der Waals surface area contributed by atoms with Crippen LogP contribution in [0.3, 0.4) is 0 Å². The number of hydrogen-bond donors (Lipinski definition) is 1. The lowest BCUT2D eigenvalue weighted by Gasteiger charge is -2.32. The fourth-order valence-corrected chi connectivity index (χ4v) is 2.18. The van der Waals surface area contributed by atoms with Crippen molar-refractivity contribution >= 4 is 11.8 Å². The molecule has 2 heterocycles. The Kier molecular flexibility index (Phi) is 4.44. The number of carbonyl (C=O) groups excluding carboxylic acids is 2. The molecule has 8 heteroatoms. The smallest absolute Gasteiger partial charge is 0.349 e. The summed E-state index contributed by atoms with van der Waals surface area (Å²) in [5.74, 6) is -2.11. The minimum Gasteiger partial charge on any atom is -0.349 e. The molecule has 0 aliphatic carbocycles. The molecule has 5 nitrogen and oxygen atoms in total. The number of piperidine rings is 1. The minimum absolute atomic E-state index is 0.0143. The molecule has 0 saturated carbocycles. The van der Waals surface area contributed by atoms with Crippen LogP contribution in [0.15, 0.2) is 24.5 Å². The summed E-state index contributed by atoms with van der Waals surface area (Å²) in [4.78, 5) is 27.5. The highest BCUT2D eigenvalue weighted by molar-refractivity contribution is 5.94. The van der Waals surface area contributed by atoms with Crippen LogP contribution in [0.2, 0.25) is 0 Å². The van der Waals surface area contributed by atoms with Gasteiger partial charge in [0.1, 0.15) is 0 Å². The van der Waals surface area contributed by atoms with Crippen LogP contribution in [0.5, 0.6) is 0 Å². The average molecular weight is 301 g/mol. The highest BCUT2D eigenvalue weighted by atomic mass is 19.4. The van der Waals surface area contributed by atoms with Gasteiger partial charge in [0.05, 0.1) is 0 Å². The summed E-state index contributed by atoms with van der Waals surface area (Å²) in [6.07, 6.45) is -1.26. The van der Waals surface area contributed by atoms with Crippen molar-refractivity contribution in [3.05, 3.63) is 30.1 Å². The number of amides is 2. The van der Waals surface area contributed by atoms with Crippen molar-refractivity contribution in [2.24, 2.45) is 0 Å². The SMILES string of the molecule is O=C(NC1CCN(C(=O)C(F)(F)F)CC1)c1ccncc1. The van der Waals surface area contributed by atoms with Crippen molar-refractivity contribution in [2.45, 2.75) is 25.1 Å². The fourth-order valence-electron chi connectivity index (χ4n) is 2.18. The molecule has 1 fully saturated rings. The molecule has 0 unspecified atom stereocenters. The lowest BCUT2D eigenvalue weighted by atomic mass is 10.0. The molecule has 0 bridgehead atoms. The molecule has 0 spiro atoms. The molecular formula is C13H14F3N3O2. The van der Waals surface area contributed by atoms with E-state index in [1.165, 1.54) is 12.4 Å². The van der Waals surface area contributed by atoms with Crippen LogP contribution in [-0.2, 0) is 4.79 Å². The van der Waals surface area contributed by atoms with E-state index in [-0.39, 0.29) is 25.0 Å². The number of alkyl halides is 3. The first-order valence-corrected chi connectivity index (χ1v) is 6.45. The van der Waals surface area contributed by atoms with E-state index in [1.54, 1.807) is 12.1 Å². The zero-order chi connectivity index (χ0) is 15.5. The van der Waals surface area contributed by atoms with Crippen molar-refractivity contribution in [3.63, 3.8) is 0 Å². The van der Waals surface area contributed by atoms with E-state index < -0.39 is 12.1 Å². The first-order chi connectivity index (χ1) is 9.88. The summed E-state index contributed by atoms with van der Waals surface area (Å²) < 4.78 is 36.9. The van der Waals surface area contributed by atoms with Crippen molar-refractivity contribution in [1.29, 1.82) is 0 Å². The Bertz CT molecular complexity index is 511. The van der Waals surface area contributed by atoms with Crippen LogP contribution < -0.4 is 5.32 Å². The normalized spacial score (nSPS) is 16.6. The molecule has 1 aliphatic rings. The van der Waals surface area contributed by atoms with E-state index in [0.717, 1.165) is 4.90 Å². The highest BCUT2D eigenvalue weighted by Gasteiger charge is 2.43. The number of carbonyl (C=O) groups is 2. The predicted octanol–water partition coefficient (Wildman–Crippen LogP) is 1.36. The van der Waals surface area contributed by atoms with E-state index in [1.807, 2.05) is 0 Å². The Morgan fingerprint density at radius 3 is 2.29 bits per heavy atom. The quantitative estimate of drug-likeness (QED) is 0.897. The molecule has 1 saturated heterocycles. The summed E-state index contributed by atoms with van der Waals surface area (Å²) in [7, 11) is 0. The Balaban J connectivity index is 1.85. The second-order valence-electron chi connectivity index (χ2n) is 4.77. The van der Waals surface area contributed by atoms with E-state index in [0.29, 0.717) is 18.4 Å². The maximum absolute atomic E-state index is 12.3. The molecule has 0 atom stereocenters. The van der Waals surface area contributed by atoms with E-state index >= 15 is 0 Å². The van der Waals surface area contributed by atoms with Gasteiger partial charge in [-0.2, -0.15) is 13.2 Å². The maximum Gasteiger partial charge on any atom is 0.471 e. The molecule has 2 amide bonds. The average Bonchev–Trinajstić information content (AvgIpc) is 2.47. The third kappa shape index (κ3) is 3.93. The van der Waals surface area contributed by atoms with Gasteiger partial charge in [-0.3, -0.25) is 14.6 Å². The van der Waals surface area contributed by atoms with Gasteiger partial charge in [-0.1, -0.05) is 0 Å². The van der Waals surface area contributed by atoms with Gasteiger partial charge in [-0.15, -0.1) is 0 Å². The molecule has 114 valence electrons. The second kappa shape index (κ2) is 6.11. The number of aromatic nitrogens is 1. The monoisotopic (exact) mass is 301 g/mol. The van der Waals surface area contributed by atoms with Crippen LogP contribution in [0.25, 0.3) is 0 Å². The third-order valence-electron chi connectivity index (χ3n) is 3.30. The predicted molar refractivity (Wildman–Crippen MR) is 67.4 cm³/mol. The Morgan fingerprint density at radius 2 is 1.76 bits per heavy atom. The van der Waals surface area contributed by atoms with E-state index in [2.05, 4.69) is 10.3 Å². The minimum atomic E-state index is -4.84. The van der Waals surface area contributed by atoms with Crippen LogP contribution in [0, 0.1) is 0 Å². The second-order valence-corrected chi connectivity index (χ2v) is 4.77. The van der Waals surface area contributed by atoms with Crippen LogP contribution in [0.1, 0.15) is 23.2 Å². The first-order valence-electron chi connectivity index (χ1n) is 6.45. The molecule has 1 aromatic heterocycles. The number of rotatable bonds is 2. The molecule has 0 radical (unpaired) electrons. The van der Waals surface area contributed by atoms with Gasteiger partial charge in [0.25, 0.3) is 5.91 Å². The molecule has 1 N–H and O–H groups in total. The largest absolute Gasteiger partial charge is 0.471 e. The summed E-state index contributed by atoms with van der Waals surface area (Å²) >= 11 is 0. The topological polar surface area (TPSA) is 62.3 Å². The third-order valence-corrected chi connectivity index (χ3v) is 3.30. The molecule has 21 heavy (non-hydrogen) atoms. The van der Waals surface area contributed by atoms with E-state index in [4.69, 9.17) is 0 Å². The Morgan fingerprint density at radius 1 is 1.19 bits per heavy atom. The van der Waals surface area contributed by atoms with Crippen molar-refractivity contribution < 1.29 is 22.8 Å². The van der Waals surface area contributed by atoms with Gasteiger partial charge >= 0.3 is 12.1 Å². The molecule has 2 rings (SSSR count). The number of pyridine rings is 1. The lowest BCUT2D eigenvalue weighted by Crippen LogP contribution is -2.50. The van der Waals surface area contributed by atoms with Crippen LogP contribution in [0.4, 0.5) is 13.2 Å². The van der Waals surface area contributed by atoms with Gasteiger partial charge in [-0.25, -0.2) is 0 Å². The zero-order valence-electron chi connectivity index (χ0n) is 11.1. The van der Waals surface area contributed by atoms with Crippen molar-refractivity contribution in [1.82, 2.24) is 15.2 Å².